The molecule has 0 spiro atoms. The van der Waals surface area contributed by atoms with Gasteiger partial charge in [0.2, 0.25) is 0 Å². The van der Waals surface area contributed by atoms with E-state index in [9.17, 15) is 0 Å². The van der Waals surface area contributed by atoms with Crippen molar-refractivity contribution in [2.24, 2.45) is 11.8 Å². The maximum absolute atomic E-state index is 4.51. The molecule has 16 heavy (non-hydrogen) atoms. The highest BCUT2D eigenvalue weighted by Crippen LogP contribution is 2.48. The lowest BCUT2D eigenvalue weighted by molar-refractivity contribution is 0.582. The lowest BCUT2D eigenvalue weighted by atomic mass is 10.1. The first-order valence-electron chi connectivity index (χ1n) is 6.17. The van der Waals surface area contributed by atoms with Gasteiger partial charge in [0.05, 0.1) is 12.2 Å². The van der Waals surface area contributed by atoms with E-state index in [1.807, 2.05) is 18.0 Å². The summed E-state index contributed by atoms with van der Waals surface area (Å²) in [5.41, 5.74) is 1.39. The second-order valence-electron chi connectivity index (χ2n) is 5.33. The van der Waals surface area contributed by atoms with Crippen LogP contribution in [-0.2, 0) is 6.42 Å². The minimum atomic E-state index is 0.670. The van der Waals surface area contributed by atoms with Crippen LogP contribution in [0.1, 0.15) is 38.8 Å². The Bertz CT molecular complexity index is 345. The van der Waals surface area contributed by atoms with Crippen molar-refractivity contribution in [3.05, 3.63) is 18.0 Å². The summed E-state index contributed by atoms with van der Waals surface area (Å²) in [6, 6.07) is 0.670. The first kappa shape index (κ1) is 12.0. The van der Waals surface area contributed by atoms with E-state index in [1.54, 1.807) is 0 Å². The van der Waals surface area contributed by atoms with E-state index in [0.717, 1.165) is 23.5 Å². The van der Waals surface area contributed by atoms with E-state index >= 15 is 0 Å². The average Bonchev–Trinajstić information content (AvgIpc) is 2.91. The Balaban J connectivity index is 1.94. The maximum atomic E-state index is 4.51. The molecule has 0 N–H and O–H groups in total. The lowest BCUT2D eigenvalue weighted by Crippen LogP contribution is -2.04. The van der Waals surface area contributed by atoms with E-state index in [-0.39, 0.29) is 0 Å². The molecular weight excluding hydrogens is 216 g/mol. The predicted octanol–water partition coefficient (Wildman–Crippen LogP) is 3.39. The normalized spacial score (nSPS) is 26.1. The van der Waals surface area contributed by atoms with Crippen LogP contribution in [0.15, 0.2) is 12.4 Å². The minimum absolute atomic E-state index is 0.670. The van der Waals surface area contributed by atoms with E-state index in [2.05, 4.69) is 43.0 Å². The molecule has 1 unspecified atom stereocenters. The molecule has 1 aromatic heterocycles. The van der Waals surface area contributed by atoms with E-state index in [1.165, 1.54) is 12.0 Å². The highest BCUT2D eigenvalue weighted by atomic mass is 32.2. The molecule has 0 bridgehead atoms. The summed E-state index contributed by atoms with van der Waals surface area (Å²) < 4.78 is 2.19. The van der Waals surface area contributed by atoms with Crippen LogP contribution in [0, 0.1) is 11.8 Å². The molecule has 2 rings (SSSR count). The minimum Gasteiger partial charge on any atom is -0.269 e. The number of hydrogen-bond donors (Lipinski definition) is 0. The third-order valence-electron chi connectivity index (χ3n) is 3.42. The van der Waals surface area contributed by atoms with Gasteiger partial charge in [-0.05, 0) is 36.5 Å². The smallest absolute Gasteiger partial charge is 0.0562 e. The van der Waals surface area contributed by atoms with Gasteiger partial charge in [0.1, 0.15) is 0 Å². The van der Waals surface area contributed by atoms with Gasteiger partial charge in [-0.3, -0.25) is 4.68 Å². The Hall–Kier alpha value is -0.440. The van der Waals surface area contributed by atoms with Crippen molar-refractivity contribution in [1.82, 2.24) is 9.78 Å². The fourth-order valence-corrected chi connectivity index (χ4v) is 2.96. The van der Waals surface area contributed by atoms with Crippen LogP contribution >= 0.6 is 11.8 Å². The van der Waals surface area contributed by atoms with Crippen LogP contribution in [0.3, 0.4) is 0 Å². The number of thioether (sulfide) groups is 1. The van der Waals surface area contributed by atoms with Crippen LogP contribution in [0.25, 0.3) is 0 Å². The third-order valence-corrected chi connectivity index (χ3v) is 4.51. The molecule has 0 aromatic carbocycles. The lowest BCUT2D eigenvalue weighted by Gasteiger charge is -2.06. The molecule has 0 amide bonds. The SMILES string of the molecule is CSC(C)[C@H]1C[C@H]1n1cc(CC(C)C)cn1. The molecular formula is C13H22N2S. The topological polar surface area (TPSA) is 17.8 Å². The summed E-state index contributed by atoms with van der Waals surface area (Å²) in [5.74, 6) is 1.56. The van der Waals surface area contributed by atoms with Crippen molar-refractivity contribution < 1.29 is 0 Å². The van der Waals surface area contributed by atoms with Crippen LogP contribution in [-0.4, -0.2) is 21.3 Å². The van der Waals surface area contributed by atoms with Crippen LogP contribution in [0.5, 0.6) is 0 Å². The Morgan fingerprint density at radius 1 is 1.50 bits per heavy atom. The van der Waals surface area contributed by atoms with Crippen LogP contribution in [0.4, 0.5) is 0 Å². The van der Waals surface area contributed by atoms with Gasteiger partial charge in [-0.1, -0.05) is 20.8 Å². The molecule has 3 heteroatoms. The second-order valence-corrected chi connectivity index (χ2v) is 6.55. The number of nitrogens with zero attached hydrogens (tertiary/aromatic N) is 2. The largest absolute Gasteiger partial charge is 0.269 e. The summed E-state index contributed by atoms with van der Waals surface area (Å²) in [6.07, 6.45) is 8.95. The van der Waals surface area contributed by atoms with Gasteiger partial charge in [-0.15, -0.1) is 0 Å². The molecule has 1 heterocycles. The van der Waals surface area contributed by atoms with Gasteiger partial charge in [0.25, 0.3) is 0 Å². The van der Waals surface area contributed by atoms with Crippen molar-refractivity contribution in [1.29, 1.82) is 0 Å². The summed E-state index contributed by atoms with van der Waals surface area (Å²) >= 11 is 1.97. The van der Waals surface area contributed by atoms with E-state index in [0.29, 0.717) is 6.04 Å². The van der Waals surface area contributed by atoms with Gasteiger partial charge in [-0.25, -0.2) is 0 Å². The zero-order valence-corrected chi connectivity index (χ0v) is 11.5. The standard InChI is InChI=1S/C13H22N2S/c1-9(2)5-11-7-14-15(8-11)13-6-12(13)10(3)16-4/h7-10,12-13H,5-6H2,1-4H3/t10?,12-,13-/m1/s1. The quantitative estimate of drug-likeness (QED) is 0.782. The molecule has 1 aromatic rings. The predicted molar refractivity (Wildman–Crippen MR) is 70.9 cm³/mol. The van der Waals surface area contributed by atoms with Gasteiger partial charge >= 0.3 is 0 Å². The fourth-order valence-electron chi connectivity index (χ4n) is 2.32. The monoisotopic (exact) mass is 238 g/mol. The molecule has 3 atom stereocenters. The first-order valence-corrected chi connectivity index (χ1v) is 7.46. The number of rotatable bonds is 5. The van der Waals surface area contributed by atoms with Crippen LogP contribution < -0.4 is 0 Å². The highest BCUT2D eigenvalue weighted by Gasteiger charge is 2.42. The molecule has 1 saturated carbocycles. The third kappa shape index (κ3) is 2.62. The Kier molecular flexibility index (Phi) is 3.63. The summed E-state index contributed by atoms with van der Waals surface area (Å²) in [7, 11) is 0. The van der Waals surface area contributed by atoms with Crippen molar-refractivity contribution in [3.63, 3.8) is 0 Å². The number of aromatic nitrogens is 2. The van der Waals surface area contributed by atoms with Gasteiger partial charge in [-0.2, -0.15) is 16.9 Å². The maximum Gasteiger partial charge on any atom is 0.0562 e. The molecule has 90 valence electrons. The van der Waals surface area contributed by atoms with Crippen LogP contribution in [0.2, 0.25) is 0 Å². The fraction of sp³-hybridized carbons (Fsp3) is 0.769. The summed E-state index contributed by atoms with van der Waals surface area (Å²) in [4.78, 5) is 0. The van der Waals surface area contributed by atoms with Gasteiger partial charge in [0.15, 0.2) is 0 Å². The van der Waals surface area contributed by atoms with E-state index < -0.39 is 0 Å². The summed E-state index contributed by atoms with van der Waals surface area (Å²) in [5, 5.41) is 5.27. The van der Waals surface area contributed by atoms with Crippen molar-refractivity contribution >= 4 is 11.8 Å². The zero-order valence-electron chi connectivity index (χ0n) is 10.7. The zero-order chi connectivity index (χ0) is 11.7. The van der Waals surface area contributed by atoms with Crippen molar-refractivity contribution in [2.75, 3.05) is 6.26 Å². The molecule has 0 radical (unpaired) electrons. The number of hydrogen-bond acceptors (Lipinski definition) is 2. The van der Waals surface area contributed by atoms with E-state index in [4.69, 9.17) is 0 Å². The molecule has 1 aliphatic rings. The van der Waals surface area contributed by atoms with Gasteiger partial charge < -0.3 is 0 Å². The Morgan fingerprint density at radius 3 is 2.88 bits per heavy atom. The highest BCUT2D eigenvalue weighted by molar-refractivity contribution is 7.99. The molecule has 1 aliphatic carbocycles. The second kappa shape index (κ2) is 4.82. The van der Waals surface area contributed by atoms with Crippen molar-refractivity contribution in [2.45, 2.75) is 44.9 Å². The summed E-state index contributed by atoms with van der Waals surface area (Å²) in [6.45, 7) is 6.84. The molecule has 2 nitrogen and oxygen atoms in total. The average molecular weight is 238 g/mol. The Labute approximate surface area is 103 Å². The van der Waals surface area contributed by atoms with Gasteiger partial charge in [0, 0.05) is 11.4 Å². The molecule has 1 fully saturated rings. The van der Waals surface area contributed by atoms with Crippen molar-refractivity contribution in [3.8, 4) is 0 Å². The Morgan fingerprint density at radius 2 is 2.25 bits per heavy atom. The first-order chi connectivity index (χ1) is 7.61. The molecule has 0 saturated heterocycles. The molecule has 0 aliphatic heterocycles.